The SMILES string of the molecule is Cc1cc(C(=O)Nc2cc(Cl)c(C(C#N)c3ccc(Cl)cc3)cc2C)c2cc(F)ccc2n1. The number of rotatable bonds is 4. The molecule has 0 saturated carbocycles. The first-order valence-electron chi connectivity index (χ1n) is 10.1. The molecular formula is C26H18Cl2FN3O. The maximum Gasteiger partial charge on any atom is 0.256 e. The maximum atomic E-state index is 13.8. The molecule has 0 bridgehead atoms. The van der Waals surface area contributed by atoms with Gasteiger partial charge in [-0.1, -0.05) is 41.4 Å². The second kappa shape index (κ2) is 9.19. The van der Waals surface area contributed by atoms with Crippen molar-refractivity contribution in [1.82, 2.24) is 4.98 Å². The third kappa shape index (κ3) is 4.68. The Morgan fingerprint density at radius 2 is 1.79 bits per heavy atom. The van der Waals surface area contributed by atoms with Crippen LogP contribution in [0.2, 0.25) is 10.0 Å². The van der Waals surface area contributed by atoms with Crippen molar-refractivity contribution < 1.29 is 9.18 Å². The number of halogens is 3. The highest BCUT2D eigenvalue weighted by molar-refractivity contribution is 6.32. The Kier molecular flexibility index (Phi) is 6.33. The van der Waals surface area contributed by atoms with E-state index < -0.39 is 17.6 Å². The van der Waals surface area contributed by atoms with E-state index >= 15 is 0 Å². The average molecular weight is 478 g/mol. The molecule has 164 valence electrons. The number of hydrogen-bond donors (Lipinski definition) is 1. The Balaban J connectivity index is 1.69. The summed E-state index contributed by atoms with van der Waals surface area (Å²) < 4.78 is 13.8. The minimum Gasteiger partial charge on any atom is -0.322 e. The number of amides is 1. The Morgan fingerprint density at radius 1 is 1.06 bits per heavy atom. The molecule has 3 aromatic carbocycles. The quantitative estimate of drug-likeness (QED) is 0.337. The summed E-state index contributed by atoms with van der Waals surface area (Å²) in [6, 6.07) is 18.5. The zero-order chi connectivity index (χ0) is 23.7. The number of carbonyl (C=O) groups excluding carboxylic acids is 1. The largest absolute Gasteiger partial charge is 0.322 e. The highest BCUT2D eigenvalue weighted by atomic mass is 35.5. The Hall–Kier alpha value is -3.46. The molecule has 1 atom stereocenters. The molecule has 33 heavy (non-hydrogen) atoms. The molecule has 4 aromatic rings. The number of fused-ring (bicyclic) bond motifs is 1. The number of anilines is 1. The number of aromatic nitrogens is 1. The number of carbonyl (C=O) groups is 1. The lowest BCUT2D eigenvalue weighted by molar-refractivity contribution is 0.102. The zero-order valence-corrected chi connectivity index (χ0v) is 19.3. The summed E-state index contributed by atoms with van der Waals surface area (Å²) in [6.07, 6.45) is 0. The van der Waals surface area contributed by atoms with Crippen LogP contribution in [0.5, 0.6) is 0 Å². The number of nitrogens with zero attached hydrogens (tertiary/aromatic N) is 2. The first-order chi connectivity index (χ1) is 15.8. The molecule has 0 radical (unpaired) electrons. The molecule has 1 N–H and O–H groups in total. The molecule has 1 heterocycles. The van der Waals surface area contributed by atoms with Crippen LogP contribution in [0.1, 0.15) is 38.7 Å². The zero-order valence-electron chi connectivity index (χ0n) is 17.8. The average Bonchev–Trinajstić information content (AvgIpc) is 2.78. The van der Waals surface area contributed by atoms with Crippen molar-refractivity contribution >= 4 is 45.7 Å². The van der Waals surface area contributed by atoms with E-state index in [0.29, 0.717) is 43.5 Å². The van der Waals surface area contributed by atoms with Gasteiger partial charge in [0.1, 0.15) is 5.82 Å². The summed E-state index contributed by atoms with van der Waals surface area (Å²) in [6.45, 7) is 3.59. The summed E-state index contributed by atoms with van der Waals surface area (Å²) in [5, 5.41) is 14.0. The van der Waals surface area contributed by atoms with Crippen molar-refractivity contribution in [2.75, 3.05) is 5.32 Å². The van der Waals surface area contributed by atoms with Crippen LogP contribution in [0, 0.1) is 31.0 Å². The highest BCUT2D eigenvalue weighted by Crippen LogP contribution is 2.34. The second-order valence-corrected chi connectivity index (χ2v) is 8.57. The molecule has 4 rings (SSSR count). The lowest BCUT2D eigenvalue weighted by Gasteiger charge is -2.16. The Bertz CT molecular complexity index is 1430. The molecule has 7 heteroatoms. The van der Waals surface area contributed by atoms with Gasteiger partial charge in [0, 0.05) is 26.8 Å². The highest BCUT2D eigenvalue weighted by Gasteiger charge is 2.20. The fourth-order valence-electron chi connectivity index (χ4n) is 3.75. The van der Waals surface area contributed by atoms with Crippen LogP contribution in [0.3, 0.4) is 0 Å². The van der Waals surface area contributed by atoms with E-state index in [0.717, 1.165) is 11.1 Å². The van der Waals surface area contributed by atoms with Gasteiger partial charge < -0.3 is 5.32 Å². The number of hydrogen-bond acceptors (Lipinski definition) is 3. The van der Waals surface area contributed by atoms with Gasteiger partial charge in [0.05, 0.1) is 23.1 Å². The maximum absolute atomic E-state index is 13.8. The van der Waals surface area contributed by atoms with Crippen LogP contribution < -0.4 is 5.32 Å². The number of nitrogens with one attached hydrogen (secondary N) is 1. The minimum absolute atomic E-state index is 0.313. The van der Waals surface area contributed by atoms with Gasteiger partial charge in [-0.05, 0) is 73.0 Å². The molecule has 1 aromatic heterocycles. The predicted octanol–water partition coefficient (Wildman–Crippen LogP) is 7.21. The van der Waals surface area contributed by atoms with Gasteiger partial charge in [0.15, 0.2) is 0 Å². The second-order valence-electron chi connectivity index (χ2n) is 7.73. The molecule has 0 saturated heterocycles. The lowest BCUT2D eigenvalue weighted by Crippen LogP contribution is -2.14. The summed E-state index contributed by atoms with van der Waals surface area (Å²) in [5.74, 6) is -1.44. The van der Waals surface area contributed by atoms with E-state index in [2.05, 4.69) is 16.4 Å². The standard InChI is InChI=1S/C26H18Cl2FN3O/c1-14-9-19(22(13-30)16-3-5-17(27)6-4-16)23(28)12-25(14)32-26(33)21-10-15(2)31-24-8-7-18(29)11-20(21)24/h3-12,22H,1-2H3,(H,32,33). The van der Waals surface area contributed by atoms with Gasteiger partial charge in [-0.15, -0.1) is 0 Å². The fraction of sp³-hybridized carbons (Fsp3) is 0.115. The van der Waals surface area contributed by atoms with Gasteiger partial charge >= 0.3 is 0 Å². The van der Waals surface area contributed by atoms with Gasteiger partial charge in [-0.3, -0.25) is 9.78 Å². The van der Waals surface area contributed by atoms with Crippen molar-refractivity contribution in [3.05, 3.63) is 104 Å². The summed E-state index contributed by atoms with van der Waals surface area (Å²) in [4.78, 5) is 17.5. The van der Waals surface area contributed by atoms with E-state index in [1.54, 1.807) is 55.5 Å². The van der Waals surface area contributed by atoms with Crippen molar-refractivity contribution in [3.8, 4) is 6.07 Å². The number of nitriles is 1. The van der Waals surface area contributed by atoms with Crippen LogP contribution in [0.4, 0.5) is 10.1 Å². The molecule has 0 spiro atoms. The molecule has 4 nitrogen and oxygen atoms in total. The number of aryl methyl sites for hydroxylation is 2. The van der Waals surface area contributed by atoms with Crippen molar-refractivity contribution in [2.24, 2.45) is 0 Å². The lowest BCUT2D eigenvalue weighted by atomic mass is 9.91. The summed E-state index contributed by atoms with van der Waals surface area (Å²) >= 11 is 12.5. The van der Waals surface area contributed by atoms with Crippen LogP contribution in [0.15, 0.2) is 60.7 Å². The number of benzene rings is 3. The molecule has 1 unspecified atom stereocenters. The number of pyridine rings is 1. The van der Waals surface area contributed by atoms with Gasteiger partial charge in [0.2, 0.25) is 0 Å². The van der Waals surface area contributed by atoms with Crippen LogP contribution in [-0.4, -0.2) is 10.9 Å². The molecular weight excluding hydrogens is 460 g/mol. The Morgan fingerprint density at radius 3 is 2.48 bits per heavy atom. The third-order valence-corrected chi connectivity index (χ3v) is 5.96. The van der Waals surface area contributed by atoms with Crippen LogP contribution >= 0.6 is 23.2 Å². The Labute approximate surface area is 200 Å². The van der Waals surface area contributed by atoms with E-state index in [9.17, 15) is 14.4 Å². The molecule has 0 aliphatic carbocycles. The van der Waals surface area contributed by atoms with Crippen molar-refractivity contribution in [1.29, 1.82) is 5.26 Å². The van der Waals surface area contributed by atoms with Crippen LogP contribution in [-0.2, 0) is 0 Å². The third-order valence-electron chi connectivity index (χ3n) is 5.38. The van der Waals surface area contributed by atoms with E-state index in [1.807, 2.05) is 6.92 Å². The normalized spacial score (nSPS) is 11.8. The first kappa shape index (κ1) is 22.7. The first-order valence-corrected chi connectivity index (χ1v) is 10.9. The van der Waals surface area contributed by atoms with Crippen molar-refractivity contribution in [2.45, 2.75) is 19.8 Å². The summed E-state index contributed by atoms with van der Waals surface area (Å²) in [7, 11) is 0. The predicted molar refractivity (Wildman–Crippen MR) is 129 cm³/mol. The van der Waals surface area contributed by atoms with Crippen LogP contribution in [0.25, 0.3) is 10.9 Å². The monoisotopic (exact) mass is 477 g/mol. The molecule has 1 amide bonds. The topological polar surface area (TPSA) is 65.8 Å². The molecule has 0 aliphatic heterocycles. The van der Waals surface area contributed by atoms with Gasteiger partial charge in [-0.25, -0.2) is 4.39 Å². The van der Waals surface area contributed by atoms with Gasteiger partial charge in [-0.2, -0.15) is 5.26 Å². The van der Waals surface area contributed by atoms with E-state index in [-0.39, 0.29) is 0 Å². The van der Waals surface area contributed by atoms with Crippen molar-refractivity contribution in [3.63, 3.8) is 0 Å². The van der Waals surface area contributed by atoms with Gasteiger partial charge in [0.25, 0.3) is 5.91 Å². The summed E-state index contributed by atoms with van der Waals surface area (Å²) in [5.41, 5.74) is 4.12. The fourth-order valence-corrected chi connectivity index (χ4v) is 4.15. The van der Waals surface area contributed by atoms with E-state index in [1.165, 1.54) is 12.1 Å². The minimum atomic E-state index is -0.590. The molecule has 0 aliphatic rings. The van der Waals surface area contributed by atoms with E-state index in [4.69, 9.17) is 23.2 Å². The smallest absolute Gasteiger partial charge is 0.256 e. The molecule has 0 fully saturated rings.